The smallest absolute Gasteiger partial charge is 0.269 e. The van der Waals surface area contributed by atoms with Crippen molar-refractivity contribution in [3.05, 3.63) is 81.4 Å². The van der Waals surface area contributed by atoms with Gasteiger partial charge in [0.15, 0.2) is 11.0 Å². The van der Waals surface area contributed by atoms with Crippen molar-refractivity contribution in [1.82, 2.24) is 9.88 Å². The number of nitro groups is 1. The molecule has 0 spiro atoms. The first-order chi connectivity index (χ1) is 13.0. The van der Waals surface area contributed by atoms with E-state index in [2.05, 4.69) is 16.6 Å². The molecular weight excluding hydrogens is 364 g/mol. The summed E-state index contributed by atoms with van der Waals surface area (Å²) in [6.45, 7) is 5.89. The van der Waals surface area contributed by atoms with E-state index in [-0.39, 0.29) is 11.6 Å². The van der Waals surface area contributed by atoms with Gasteiger partial charge >= 0.3 is 0 Å². The Morgan fingerprint density at radius 3 is 2.67 bits per heavy atom. The van der Waals surface area contributed by atoms with Crippen LogP contribution in [0.3, 0.4) is 0 Å². The number of nitrogens with zero attached hydrogens (tertiary/aromatic N) is 4. The molecule has 2 heterocycles. The summed E-state index contributed by atoms with van der Waals surface area (Å²) in [5, 5.41) is 11.3. The number of benzene rings is 1. The molecule has 27 heavy (non-hydrogen) atoms. The molecule has 8 heteroatoms. The lowest BCUT2D eigenvalue weighted by atomic mass is 10.2. The summed E-state index contributed by atoms with van der Waals surface area (Å²) in [6, 6.07) is 11.5. The molecular formula is C19H16N4O3S. The molecule has 0 atom stereocenters. The Morgan fingerprint density at radius 2 is 2.04 bits per heavy atom. The Hall–Kier alpha value is -3.26. The molecule has 7 nitrogen and oxygen atoms in total. The zero-order valence-corrected chi connectivity index (χ0v) is 15.3. The minimum Gasteiger partial charge on any atom is -0.282 e. The van der Waals surface area contributed by atoms with Gasteiger partial charge in [0, 0.05) is 24.4 Å². The number of amides is 1. The highest BCUT2D eigenvalue weighted by Crippen LogP contribution is 2.34. The molecule has 0 aliphatic carbocycles. The number of hydrogen-bond donors (Lipinski definition) is 0. The largest absolute Gasteiger partial charge is 0.282 e. The molecule has 0 N–H and O–H groups in total. The number of hydrogen-bond acceptors (Lipinski definition) is 6. The topological polar surface area (TPSA) is 88.7 Å². The molecule has 1 aliphatic heterocycles. The standard InChI is InChI=1S/C19H16N4O3S/c1-3-11-22-18(24)16(12-14-7-9-15(10-8-14)23(25)26)27-19(22)21-17-6-4-5-13(2)20-17/h3-10,12H,1,11H2,2H3/b16-12-,21-19+. The molecule has 0 saturated carbocycles. The van der Waals surface area contributed by atoms with E-state index in [1.165, 1.54) is 28.8 Å². The fourth-order valence-electron chi connectivity index (χ4n) is 2.41. The molecule has 3 rings (SSSR count). The van der Waals surface area contributed by atoms with Crippen LogP contribution < -0.4 is 0 Å². The van der Waals surface area contributed by atoms with Crippen LogP contribution in [0.1, 0.15) is 11.3 Å². The maximum Gasteiger partial charge on any atom is 0.269 e. The van der Waals surface area contributed by atoms with E-state index in [0.717, 1.165) is 5.69 Å². The number of aliphatic imine (C=N–C) groups is 1. The minimum atomic E-state index is -0.460. The Balaban J connectivity index is 1.92. The maximum absolute atomic E-state index is 12.7. The van der Waals surface area contributed by atoms with Gasteiger partial charge in [-0.25, -0.2) is 9.98 Å². The first-order valence-electron chi connectivity index (χ1n) is 8.07. The fourth-order valence-corrected chi connectivity index (χ4v) is 3.41. The predicted molar refractivity (Wildman–Crippen MR) is 107 cm³/mol. The average Bonchev–Trinajstić information content (AvgIpc) is 2.91. The minimum absolute atomic E-state index is 0.00334. The maximum atomic E-state index is 12.7. The molecule has 1 aliphatic rings. The number of rotatable bonds is 5. The average molecular weight is 380 g/mol. The summed E-state index contributed by atoms with van der Waals surface area (Å²) in [4.78, 5) is 33.9. The van der Waals surface area contributed by atoms with Crippen LogP contribution in [0.4, 0.5) is 11.5 Å². The monoisotopic (exact) mass is 380 g/mol. The van der Waals surface area contributed by atoms with Gasteiger partial charge in [0.1, 0.15) is 0 Å². The number of thioether (sulfide) groups is 1. The van der Waals surface area contributed by atoms with E-state index in [0.29, 0.717) is 28.0 Å². The quantitative estimate of drug-likeness (QED) is 0.337. The molecule has 1 aromatic heterocycles. The van der Waals surface area contributed by atoms with Gasteiger partial charge in [-0.05, 0) is 54.6 Å². The highest BCUT2D eigenvalue weighted by Gasteiger charge is 2.32. The van der Waals surface area contributed by atoms with Crippen molar-refractivity contribution in [3.63, 3.8) is 0 Å². The normalized spacial score (nSPS) is 16.9. The van der Waals surface area contributed by atoms with Gasteiger partial charge in [0.05, 0.1) is 9.83 Å². The number of nitro benzene ring substituents is 1. The number of pyridine rings is 1. The first kappa shape index (κ1) is 18.5. The number of aromatic nitrogens is 1. The molecule has 0 radical (unpaired) electrons. The third kappa shape index (κ3) is 4.29. The number of non-ortho nitro benzene ring substituents is 1. The molecule has 1 saturated heterocycles. The molecule has 1 aromatic carbocycles. The number of aryl methyl sites for hydroxylation is 1. The van der Waals surface area contributed by atoms with Crippen LogP contribution in [0.25, 0.3) is 6.08 Å². The van der Waals surface area contributed by atoms with Gasteiger partial charge in [0.2, 0.25) is 0 Å². The van der Waals surface area contributed by atoms with Crippen LogP contribution in [0.15, 0.2) is 65.0 Å². The summed E-state index contributed by atoms with van der Waals surface area (Å²) < 4.78 is 0. The van der Waals surface area contributed by atoms with Gasteiger partial charge in [-0.1, -0.05) is 12.1 Å². The van der Waals surface area contributed by atoms with Crippen molar-refractivity contribution in [2.45, 2.75) is 6.92 Å². The lowest BCUT2D eigenvalue weighted by Crippen LogP contribution is -2.29. The second-order valence-electron chi connectivity index (χ2n) is 5.70. The van der Waals surface area contributed by atoms with E-state index in [1.54, 1.807) is 30.4 Å². The number of carbonyl (C=O) groups is 1. The molecule has 1 fully saturated rings. The Bertz CT molecular complexity index is 967. The zero-order valence-electron chi connectivity index (χ0n) is 14.5. The van der Waals surface area contributed by atoms with Gasteiger partial charge in [0.25, 0.3) is 11.6 Å². The van der Waals surface area contributed by atoms with E-state index >= 15 is 0 Å². The SMILES string of the molecule is C=CCN1C(=O)/C(=C/c2ccc([N+](=O)[O-])cc2)S/C1=N/c1cccc(C)n1. The van der Waals surface area contributed by atoms with Crippen molar-refractivity contribution in [2.24, 2.45) is 4.99 Å². The third-order valence-electron chi connectivity index (χ3n) is 3.69. The highest BCUT2D eigenvalue weighted by molar-refractivity contribution is 8.18. The third-order valence-corrected chi connectivity index (χ3v) is 4.69. The van der Waals surface area contributed by atoms with Crippen molar-refractivity contribution in [1.29, 1.82) is 0 Å². The number of amidine groups is 1. The molecule has 136 valence electrons. The van der Waals surface area contributed by atoms with Crippen LogP contribution in [0.2, 0.25) is 0 Å². The van der Waals surface area contributed by atoms with Crippen molar-refractivity contribution >= 4 is 40.4 Å². The molecule has 2 aromatic rings. The van der Waals surface area contributed by atoms with E-state index < -0.39 is 4.92 Å². The molecule has 1 amide bonds. The van der Waals surface area contributed by atoms with Crippen LogP contribution in [0, 0.1) is 17.0 Å². The van der Waals surface area contributed by atoms with Gasteiger partial charge in [-0.2, -0.15) is 0 Å². The van der Waals surface area contributed by atoms with Gasteiger partial charge in [-0.15, -0.1) is 6.58 Å². The van der Waals surface area contributed by atoms with Crippen LogP contribution in [-0.4, -0.2) is 32.4 Å². The fraction of sp³-hybridized carbons (Fsp3) is 0.105. The first-order valence-corrected chi connectivity index (χ1v) is 8.88. The Kier molecular flexibility index (Phi) is 5.46. The summed E-state index contributed by atoms with van der Waals surface area (Å²) in [6.07, 6.45) is 3.32. The van der Waals surface area contributed by atoms with Gasteiger partial charge in [-0.3, -0.25) is 19.8 Å². The summed E-state index contributed by atoms with van der Waals surface area (Å²) in [5.74, 6) is 0.334. The summed E-state index contributed by atoms with van der Waals surface area (Å²) >= 11 is 1.24. The van der Waals surface area contributed by atoms with Crippen LogP contribution in [-0.2, 0) is 4.79 Å². The van der Waals surface area contributed by atoms with Crippen molar-refractivity contribution < 1.29 is 9.72 Å². The van der Waals surface area contributed by atoms with Crippen molar-refractivity contribution in [3.8, 4) is 0 Å². The highest BCUT2D eigenvalue weighted by atomic mass is 32.2. The van der Waals surface area contributed by atoms with E-state index in [1.807, 2.05) is 19.1 Å². The van der Waals surface area contributed by atoms with E-state index in [4.69, 9.17) is 0 Å². The second-order valence-corrected chi connectivity index (χ2v) is 6.70. The molecule has 0 unspecified atom stereocenters. The zero-order chi connectivity index (χ0) is 19.4. The van der Waals surface area contributed by atoms with Crippen molar-refractivity contribution in [2.75, 3.05) is 6.54 Å². The number of carbonyl (C=O) groups excluding carboxylic acids is 1. The molecule has 0 bridgehead atoms. The predicted octanol–water partition coefficient (Wildman–Crippen LogP) is 4.09. The lowest BCUT2D eigenvalue weighted by molar-refractivity contribution is -0.384. The lowest BCUT2D eigenvalue weighted by Gasteiger charge is -2.12. The van der Waals surface area contributed by atoms with Crippen LogP contribution >= 0.6 is 11.8 Å². The van der Waals surface area contributed by atoms with Crippen LogP contribution in [0.5, 0.6) is 0 Å². The Labute approximate surface area is 160 Å². The second kappa shape index (κ2) is 7.96. The summed E-state index contributed by atoms with van der Waals surface area (Å²) in [7, 11) is 0. The Morgan fingerprint density at radius 1 is 1.30 bits per heavy atom. The van der Waals surface area contributed by atoms with Gasteiger partial charge < -0.3 is 0 Å². The van der Waals surface area contributed by atoms with E-state index in [9.17, 15) is 14.9 Å². The summed E-state index contributed by atoms with van der Waals surface area (Å²) in [5.41, 5.74) is 1.54.